The maximum atomic E-state index is 2.71. The lowest BCUT2D eigenvalue weighted by atomic mass is 9.59. The van der Waals surface area contributed by atoms with E-state index in [1.807, 2.05) is 0 Å². The summed E-state index contributed by atoms with van der Waals surface area (Å²) in [5.74, 6) is 0.277. The molecule has 0 bridgehead atoms. The van der Waals surface area contributed by atoms with Gasteiger partial charge in [-0.2, -0.15) is 0 Å². The molecule has 0 aromatic heterocycles. The molecule has 0 heterocycles. The van der Waals surface area contributed by atoms with Crippen LogP contribution in [0.15, 0.2) is 12.1 Å². The van der Waals surface area contributed by atoms with Gasteiger partial charge in [0.2, 0.25) is 0 Å². The average molecular weight is 645 g/mol. The van der Waals surface area contributed by atoms with Crippen LogP contribution in [0.2, 0.25) is 0 Å². The van der Waals surface area contributed by atoms with E-state index >= 15 is 0 Å². The normalized spacial score (nSPS) is 15.3. The zero-order chi connectivity index (χ0) is 37.5. The molecule has 0 nitrogen and oxygen atoms in total. The largest absolute Gasteiger partial charge is 0.0645 e. The zero-order valence-corrected chi connectivity index (χ0v) is 36.4. The van der Waals surface area contributed by atoms with Crippen molar-refractivity contribution in [1.29, 1.82) is 0 Å². The first-order chi connectivity index (χ1) is 20.4. The van der Waals surface area contributed by atoms with E-state index in [0.29, 0.717) is 0 Å². The summed E-state index contributed by atoms with van der Waals surface area (Å²) in [4.78, 5) is 0. The van der Waals surface area contributed by atoms with E-state index < -0.39 is 0 Å². The SMILES string of the molecule is CCC(c1cc(C(C)(C)C)c(C(C)(C)C)c(C(C)(C)C)c1C(C)(C)C)c1c(C(C)(C)C)cc(C(C)(C)C)c(C(C)(C)C)c1C(C)(C)C. The third kappa shape index (κ3) is 8.61. The molecule has 47 heavy (non-hydrogen) atoms. The molecule has 0 N–H and O–H groups in total. The van der Waals surface area contributed by atoms with Crippen LogP contribution in [-0.2, 0) is 43.3 Å². The predicted molar refractivity (Wildman–Crippen MR) is 215 cm³/mol. The van der Waals surface area contributed by atoms with Crippen LogP contribution in [0.1, 0.15) is 241 Å². The Morgan fingerprint density at radius 1 is 0.340 bits per heavy atom. The predicted octanol–water partition coefficient (Wildman–Crippen LogP) is 14.6. The van der Waals surface area contributed by atoms with Crippen molar-refractivity contribution in [1.82, 2.24) is 0 Å². The summed E-state index contributed by atoms with van der Waals surface area (Å²) in [6.07, 6.45) is 1.07. The van der Waals surface area contributed by atoms with Crippen LogP contribution < -0.4 is 0 Å². The Labute approximate surface area is 295 Å². The number of benzene rings is 2. The minimum atomic E-state index is -0.0282. The molecule has 0 radical (unpaired) electrons. The lowest BCUT2D eigenvalue weighted by Crippen LogP contribution is -2.35. The van der Waals surface area contributed by atoms with Gasteiger partial charge in [0.1, 0.15) is 0 Å². The molecule has 1 unspecified atom stereocenters. The summed E-state index contributed by atoms with van der Waals surface area (Å²) >= 11 is 0. The van der Waals surface area contributed by atoms with Crippen LogP contribution in [0.4, 0.5) is 0 Å². The van der Waals surface area contributed by atoms with Crippen LogP contribution in [0, 0.1) is 0 Å². The summed E-state index contributed by atoms with van der Waals surface area (Å²) in [7, 11) is 0. The Bertz CT molecular complexity index is 1430. The van der Waals surface area contributed by atoms with Gasteiger partial charge < -0.3 is 0 Å². The Morgan fingerprint density at radius 2 is 0.638 bits per heavy atom. The summed E-state index contributed by atoms with van der Waals surface area (Å²) in [6, 6.07) is 5.36. The molecule has 2 aromatic carbocycles. The minimum absolute atomic E-state index is 0.00473. The van der Waals surface area contributed by atoms with Gasteiger partial charge in [-0.15, -0.1) is 0 Å². The molecule has 0 aliphatic rings. The zero-order valence-electron chi connectivity index (χ0n) is 36.4. The Balaban J connectivity index is 3.66. The van der Waals surface area contributed by atoms with Crippen molar-refractivity contribution in [3.8, 4) is 0 Å². The molecule has 0 amide bonds. The highest BCUT2D eigenvalue weighted by Gasteiger charge is 2.43. The second-order valence-electron chi connectivity index (χ2n) is 23.2. The first-order valence-electron chi connectivity index (χ1n) is 18.8. The van der Waals surface area contributed by atoms with Crippen molar-refractivity contribution < 1.29 is 0 Å². The molecule has 0 heteroatoms. The second-order valence-corrected chi connectivity index (χ2v) is 23.2. The molecule has 268 valence electrons. The monoisotopic (exact) mass is 645 g/mol. The van der Waals surface area contributed by atoms with Crippen molar-refractivity contribution in [2.45, 2.75) is 229 Å². The highest BCUT2D eigenvalue weighted by molar-refractivity contribution is 5.63. The second kappa shape index (κ2) is 12.3. The number of hydrogen-bond donors (Lipinski definition) is 0. The van der Waals surface area contributed by atoms with Crippen molar-refractivity contribution in [2.75, 3.05) is 0 Å². The lowest BCUT2D eigenvalue weighted by Gasteiger charge is -2.45. The van der Waals surface area contributed by atoms with Gasteiger partial charge in [-0.1, -0.05) is 185 Å². The van der Waals surface area contributed by atoms with Gasteiger partial charge in [0.05, 0.1) is 0 Å². The van der Waals surface area contributed by atoms with Crippen molar-refractivity contribution in [3.05, 3.63) is 67.8 Å². The molecule has 0 aliphatic carbocycles. The maximum Gasteiger partial charge on any atom is 0.00958 e. The molecule has 0 fully saturated rings. The van der Waals surface area contributed by atoms with Gasteiger partial charge in [0.25, 0.3) is 0 Å². The fourth-order valence-electron chi connectivity index (χ4n) is 8.32. The summed E-state index contributed by atoms with van der Waals surface area (Å²) in [5.41, 5.74) is 15.6. The van der Waals surface area contributed by atoms with Crippen LogP contribution in [-0.4, -0.2) is 0 Å². The van der Waals surface area contributed by atoms with E-state index in [2.05, 4.69) is 185 Å². The standard InChI is InChI=1S/C47H80/c1-26-29(30-27-32(41(5,6)7)37(45(17,18)19)39(47(23,24)25)35(30)43(11,12)13)34-31(40(2,3)4)28-33(42(8,9)10)36(44(14,15)16)38(34)46(20,21)22/h27-29H,26H2,1-25H3. The van der Waals surface area contributed by atoms with Gasteiger partial charge in [-0.05, 0) is 105 Å². The smallest absolute Gasteiger partial charge is 0.00958 e. The van der Waals surface area contributed by atoms with Gasteiger partial charge >= 0.3 is 0 Å². The lowest BCUT2D eigenvalue weighted by molar-refractivity contribution is 0.465. The van der Waals surface area contributed by atoms with E-state index in [9.17, 15) is 0 Å². The summed E-state index contributed by atoms with van der Waals surface area (Å²) < 4.78 is 0. The van der Waals surface area contributed by atoms with Crippen LogP contribution >= 0.6 is 0 Å². The summed E-state index contributed by atoms with van der Waals surface area (Å²) in [5, 5.41) is 0. The molecular formula is C47H80. The first-order valence-corrected chi connectivity index (χ1v) is 18.8. The van der Waals surface area contributed by atoms with Crippen LogP contribution in [0.5, 0.6) is 0 Å². The molecule has 0 saturated heterocycles. The van der Waals surface area contributed by atoms with E-state index in [-0.39, 0.29) is 49.2 Å². The van der Waals surface area contributed by atoms with E-state index in [1.165, 1.54) is 16.7 Å². The number of hydrogen-bond acceptors (Lipinski definition) is 0. The van der Waals surface area contributed by atoms with Crippen LogP contribution in [0.3, 0.4) is 0 Å². The Hall–Kier alpha value is -1.56. The van der Waals surface area contributed by atoms with Crippen LogP contribution in [0.25, 0.3) is 0 Å². The van der Waals surface area contributed by atoms with Gasteiger partial charge in [-0.3, -0.25) is 0 Å². The van der Waals surface area contributed by atoms with Crippen molar-refractivity contribution >= 4 is 0 Å². The average Bonchev–Trinajstić information content (AvgIpc) is 2.77. The minimum Gasteiger partial charge on any atom is -0.0645 e. The molecule has 0 aliphatic heterocycles. The third-order valence-corrected chi connectivity index (χ3v) is 10.0. The molecule has 0 spiro atoms. The van der Waals surface area contributed by atoms with Gasteiger partial charge in [0.15, 0.2) is 0 Å². The fraction of sp³-hybridized carbons (Fsp3) is 0.745. The topological polar surface area (TPSA) is 0 Å². The Kier molecular flexibility index (Phi) is 10.9. The maximum absolute atomic E-state index is 2.71. The van der Waals surface area contributed by atoms with Gasteiger partial charge in [0, 0.05) is 5.92 Å². The highest BCUT2D eigenvalue weighted by atomic mass is 14.5. The first kappa shape index (κ1) is 41.6. The molecule has 2 rings (SSSR count). The number of rotatable bonds is 3. The van der Waals surface area contributed by atoms with Gasteiger partial charge in [-0.25, -0.2) is 0 Å². The quantitative estimate of drug-likeness (QED) is 0.312. The Morgan fingerprint density at radius 3 is 0.915 bits per heavy atom. The van der Waals surface area contributed by atoms with E-state index in [4.69, 9.17) is 0 Å². The molecule has 0 saturated carbocycles. The molecular weight excluding hydrogens is 565 g/mol. The third-order valence-electron chi connectivity index (χ3n) is 10.0. The molecule has 1 atom stereocenters. The highest BCUT2D eigenvalue weighted by Crippen LogP contribution is 2.54. The molecule has 2 aromatic rings. The van der Waals surface area contributed by atoms with Crippen molar-refractivity contribution in [2.24, 2.45) is 0 Å². The summed E-state index contributed by atoms with van der Waals surface area (Å²) in [6.45, 7) is 61.2. The van der Waals surface area contributed by atoms with E-state index in [0.717, 1.165) is 6.42 Å². The van der Waals surface area contributed by atoms with E-state index in [1.54, 1.807) is 38.9 Å². The van der Waals surface area contributed by atoms with Crippen molar-refractivity contribution in [3.63, 3.8) is 0 Å². The fourth-order valence-corrected chi connectivity index (χ4v) is 8.32.